The number of nitrogens with one attached hydrogen (secondary N) is 2. The van der Waals surface area contributed by atoms with E-state index in [1.807, 2.05) is 0 Å². The van der Waals surface area contributed by atoms with Crippen LogP contribution in [0.2, 0.25) is 5.02 Å². The van der Waals surface area contributed by atoms with E-state index < -0.39 is 22.4 Å². The van der Waals surface area contributed by atoms with Crippen LogP contribution in [0.4, 0.5) is 4.79 Å². The first kappa shape index (κ1) is 17.9. The Hall–Kier alpha value is -1.11. The second-order valence-electron chi connectivity index (χ2n) is 5.13. The van der Waals surface area contributed by atoms with Crippen LogP contribution in [0.5, 0.6) is 0 Å². The first-order valence-electron chi connectivity index (χ1n) is 6.55. The lowest BCUT2D eigenvalue weighted by Crippen LogP contribution is -2.45. The molecule has 0 saturated heterocycles. The third-order valence-corrected chi connectivity index (χ3v) is 4.79. The van der Waals surface area contributed by atoms with E-state index in [1.165, 1.54) is 0 Å². The summed E-state index contributed by atoms with van der Waals surface area (Å²) in [4.78, 5) is 11.7. The van der Waals surface area contributed by atoms with Gasteiger partial charge in [0.05, 0.1) is 6.54 Å². The van der Waals surface area contributed by atoms with Gasteiger partial charge >= 0.3 is 6.03 Å². The third-order valence-electron chi connectivity index (χ3n) is 3.16. The van der Waals surface area contributed by atoms with Gasteiger partial charge in [-0.2, -0.15) is 0 Å². The molecule has 7 heteroatoms. The highest BCUT2D eigenvalue weighted by atomic mass is 35.5. The maximum Gasteiger partial charge on any atom is 0.314 e. The first-order valence-corrected chi connectivity index (χ1v) is 8.55. The lowest BCUT2D eigenvalue weighted by atomic mass is 9.96. The summed E-state index contributed by atoms with van der Waals surface area (Å²) in [6, 6.07) is 6.52. The number of benzene rings is 1. The minimum Gasteiger partial charge on any atom is -0.384 e. The Morgan fingerprint density at radius 2 is 2.05 bits per heavy atom. The van der Waals surface area contributed by atoms with Gasteiger partial charge in [0.1, 0.15) is 5.60 Å². The summed E-state index contributed by atoms with van der Waals surface area (Å²) in [6.45, 7) is 3.70. The van der Waals surface area contributed by atoms with Crippen LogP contribution in [0.15, 0.2) is 24.3 Å². The maximum atomic E-state index is 11.7. The Morgan fingerprint density at radius 1 is 1.43 bits per heavy atom. The van der Waals surface area contributed by atoms with Crippen LogP contribution in [0.25, 0.3) is 0 Å². The van der Waals surface area contributed by atoms with E-state index in [4.69, 9.17) is 11.6 Å². The van der Waals surface area contributed by atoms with Gasteiger partial charge in [0.15, 0.2) is 0 Å². The van der Waals surface area contributed by atoms with Crippen LogP contribution in [0, 0.1) is 0 Å². The molecule has 0 heterocycles. The molecule has 1 aromatic carbocycles. The number of carbonyl (C=O) groups excluding carboxylic acids is 1. The zero-order valence-electron chi connectivity index (χ0n) is 12.4. The molecule has 2 amide bonds. The van der Waals surface area contributed by atoms with Gasteiger partial charge in [-0.3, -0.25) is 4.21 Å². The molecule has 0 bridgehead atoms. The molecular formula is C14H21ClN2O3S. The molecule has 118 valence electrons. The number of aliphatic hydroxyl groups is 1. The number of urea groups is 1. The van der Waals surface area contributed by atoms with E-state index in [9.17, 15) is 14.1 Å². The highest BCUT2D eigenvalue weighted by Gasteiger charge is 2.26. The SMILES string of the molecule is C[C@H](CNC(=O)NC[C@@](C)(O)c1ccccc1Cl)[S@](C)=O. The van der Waals surface area contributed by atoms with Crippen LogP contribution in [-0.4, -0.2) is 39.9 Å². The summed E-state index contributed by atoms with van der Waals surface area (Å²) in [6.07, 6.45) is 1.59. The highest BCUT2D eigenvalue weighted by Crippen LogP contribution is 2.26. The molecule has 0 aliphatic carbocycles. The first-order chi connectivity index (χ1) is 9.74. The van der Waals surface area contributed by atoms with E-state index in [2.05, 4.69) is 10.6 Å². The second-order valence-corrected chi connectivity index (χ2v) is 7.34. The Kier molecular flexibility index (Phi) is 6.64. The van der Waals surface area contributed by atoms with Gasteiger partial charge in [-0.25, -0.2) is 4.79 Å². The quantitative estimate of drug-likeness (QED) is 0.740. The van der Waals surface area contributed by atoms with E-state index in [1.54, 1.807) is 44.4 Å². The Morgan fingerprint density at radius 3 is 2.62 bits per heavy atom. The van der Waals surface area contributed by atoms with Gasteiger partial charge in [0.25, 0.3) is 0 Å². The predicted octanol–water partition coefficient (Wildman–Crippen LogP) is 1.61. The van der Waals surface area contributed by atoms with Crippen LogP contribution in [0.1, 0.15) is 19.4 Å². The van der Waals surface area contributed by atoms with Crippen molar-refractivity contribution in [2.75, 3.05) is 19.3 Å². The van der Waals surface area contributed by atoms with Gasteiger partial charge < -0.3 is 15.7 Å². The molecule has 0 saturated carbocycles. The number of rotatable bonds is 6. The van der Waals surface area contributed by atoms with E-state index in [0.29, 0.717) is 17.1 Å². The Bertz CT molecular complexity index is 523. The molecule has 0 unspecified atom stereocenters. The van der Waals surface area contributed by atoms with Crippen LogP contribution in [0.3, 0.4) is 0 Å². The molecular weight excluding hydrogens is 312 g/mol. The minimum atomic E-state index is -1.27. The molecule has 0 aromatic heterocycles. The van der Waals surface area contributed by atoms with Gasteiger partial charge in [-0.05, 0) is 19.9 Å². The van der Waals surface area contributed by atoms with Crippen LogP contribution in [-0.2, 0) is 16.4 Å². The fraction of sp³-hybridized carbons (Fsp3) is 0.500. The zero-order valence-corrected chi connectivity index (χ0v) is 13.9. The van der Waals surface area contributed by atoms with Crippen molar-refractivity contribution < 1.29 is 14.1 Å². The van der Waals surface area contributed by atoms with Crippen molar-refractivity contribution in [2.24, 2.45) is 0 Å². The molecule has 3 atom stereocenters. The van der Waals surface area contributed by atoms with Crippen molar-refractivity contribution in [3.8, 4) is 0 Å². The van der Waals surface area contributed by atoms with E-state index in [0.717, 1.165) is 0 Å². The van der Waals surface area contributed by atoms with Gasteiger partial charge in [0.2, 0.25) is 0 Å². The number of halogens is 1. The largest absolute Gasteiger partial charge is 0.384 e. The smallest absolute Gasteiger partial charge is 0.314 e. The number of amides is 2. The summed E-state index contributed by atoms with van der Waals surface area (Å²) in [5, 5.41) is 15.9. The summed E-state index contributed by atoms with van der Waals surface area (Å²) >= 11 is 6.04. The predicted molar refractivity (Wildman–Crippen MR) is 86.0 cm³/mol. The molecule has 1 aromatic rings. The molecule has 1 rings (SSSR count). The molecule has 3 N–H and O–H groups in total. The van der Waals surface area contributed by atoms with Gasteiger partial charge in [-0.1, -0.05) is 29.8 Å². The molecule has 0 spiro atoms. The number of hydrogen-bond donors (Lipinski definition) is 3. The van der Waals surface area contributed by atoms with E-state index in [-0.39, 0.29) is 11.8 Å². The van der Waals surface area contributed by atoms with Crippen molar-refractivity contribution in [3.63, 3.8) is 0 Å². The van der Waals surface area contributed by atoms with E-state index >= 15 is 0 Å². The fourth-order valence-electron chi connectivity index (χ4n) is 1.66. The van der Waals surface area contributed by atoms with Crippen LogP contribution < -0.4 is 10.6 Å². The van der Waals surface area contributed by atoms with Crippen molar-refractivity contribution in [2.45, 2.75) is 24.7 Å². The average molecular weight is 333 g/mol. The number of hydrogen-bond acceptors (Lipinski definition) is 3. The Labute approximate surface area is 132 Å². The number of carbonyl (C=O) groups is 1. The summed E-state index contributed by atoms with van der Waals surface area (Å²) in [5.41, 5.74) is -0.718. The second kappa shape index (κ2) is 7.77. The summed E-state index contributed by atoms with van der Waals surface area (Å²) in [7, 11) is -0.990. The lowest BCUT2D eigenvalue weighted by Gasteiger charge is -2.25. The maximum absolute atomic E-state index is 11.7. The monoisotopic (exact) mass is 332 g/mol. The van der Waals surface area contributed by atoms with Gasteiger partial charge in [-0.15, -0.1) is 0 Å². The van der Waals surface area contributed by atoms with Crippen molar-refractivity contribution in [1.82, 2.24) is 10.6 Å². The highest BCUT2D eigenvalue weighted by molar-refractivity contribution is 7.84. The molecule has 5 nitrogen and oxygen atoms in total. The van der Waals surface area contributed by atoms with Crippen molar-refractivity contribution in [1.29, 1.82) is 0 Å². The topological polar surface area (TPSA) is 78.4 Å². The standard InChI is InChI=1S/C14H21ClN2O3S/c1-10(21(3)20)8-16-13(18)17-9-14(2,19)11-6-4-5-7-12(11)15/h4-7,10,19H,8-9H2,1-3H3,(H2,16,17,18)/t10-,14-,21+/m1/s1. The molecule has 0 fully saturated rings. The molecule has 0 radical (unpaired) electrons. The fourth-order valence-corrected chi connectivity index (χ4v) is 2.32. The molecule has 0 aliphatic heterocycles. The van der Waals surface area contributed by atoms with Crippen molar-refractivity contribution in [3.05, 3.63) is 34.9 Å². The minimum absolute atomic E-state index is 0.0200. The average Bonchev–Trinajstić information content (AvgIpc) is 2.42. The zero-order chi connectivity index (χ0) is 16.0. The summed E-state index contributed by atoms with van der Waals surface area (Å²) in [5.74, 6) is 0. The third kappa shape index (κ3) is 5.65. The Balaban J connectivity index is 2.52. The summed E-state index contributed by atoms with van der Waals surface area (Å²) < 4.78 is 11.2. The molecule has 0 aliphatic rings. The normalized spacial score (nSPS) is 16.6. The van der Waals surface area contributed by atoms with Crippen molar-refractivity contribution >= 4 is 28.4 Å². The molecule has 21 heavy (non-hydrogen) atoms. The van der Waals surface area contributed by atoms with Gasteiger partial charge in [0, 0.05) is 39.4 Å². The lowest BCUT2D eigenvalue weighted by molar-refractivity contribution is 0.0595. The van der Waals surface area contributed by atoms with Crippen LogP contribution >= 0.6 is 11.6 Å².